The summed E-state index contributed by atoms with van der Waals surface area (Å²) in [6, 6.07) is 14.1. The standard InChI is InChI=1S/C15H16BrN3S2/c1-20-11-5-3-4-10(8-11)19(15(17)18)14-9-12(21-2)6-7-13(14)16/h3-9H,1-2H3,(H3,17,18). The second-order valence-corrected chi connectivity index (χ2v) is 6.85. The van der Waals surface area contributed by atoms with Gasteiger partial charge in [0.25, 0.3) is 0 Å². The predicted octanol–water partition coefficient (Wildman–Crippen LogP) is 4.92. The molecule has 0 spiro atoms. The lowest BCUT2D eigenvalue weighted by Gasteiger charge is -2.25. The summed E-state index contributed by atoms with van der Waals surface area (Å²) in [7, 11) is 0. The minimum atomic E-state index is -0.00722. The number of thioether (sulfide) groups is 2. The van der Waals surface area contributed by atoms with Crippen LogP contribution in [-0.2, 0) is 0 Å². The second kappa shape index (κ2) is 7.24. The zero-order valence-corrected chi connectivity index (χ0v) is 15.0. The third-order valence-electron chi connectivity index (χ3n) is 2.95. The predicted molar refractivity (Wildman–Crippen MR) is 98.2 cm³/mol. The number of guanidine groups is 1. The van der Waals surface area contributed by atoms with Gasteiger partial charge < -0.3 is 5.73 Å². The Morgan fingerprint density at radius 3 is 2.38 bits per heavy atom. The summed E-state index contributed by atoms with van der Waals surface area (Å²) in [6.07, 6.45) is 4.06. The first kappa shape index (κ1) is 16.3. The van der Waals surface area contributed by atoms with Crippen molar-refractivity contribution in [3.05, 3.63) is 46.9 Å². The molecule has 0 aromatic heterocycles. The highest BCUT2D eigenvalue weighted by Gasteiger charge is 2.16. The molecule has 21 heavy (non-hydrogen) atoms. The first-order valence-corrected chi connectivity index (χ1v) is 9.43. The lowest BCUT2D eigenvalue weighted by atomic mass is 10.2. The molecule has 2 rings (SSSR count). The Kier molecular flexibility index (Phi) is 5.61. The molecule has 0 fully saturated rings. The van der Waals surface area contributed by atoms with Crippen LogP contribution in [0.3, 0.4) is 0 Å². The molecule has 0 aliphatic heterocycles. The van der Waals surface area contributed by atoms with Gasteiger partial charge in [0.15, 0.2) is 5.96 Å². The molecule has 0 atom stereocenters. The van der Waals surface area contributed by atoms with Crippen molar-refractivity contribution < 1.29 is 0 Å². The van der Waals surface area contributed by atoms with Crippen molar-refractivity contribution in [1.29, 1.82) is 5.41 Å². The molecule has 0 saturated carbocycles. The molecular formula is C15H16BrN3S2. The fourth-order valence-corrected chi connectivity index (χ4v) is 3.26. The summed E-state index contributed by atoms with van der Waals surface area (Å²) < 4.78 is 0.907. The average Bonchev–Trinajstić information content (AvgIpc) is 2.49. The number of rotatable bonds is 4. The highest BCUT2D eigenvalue weighted by atomic mass is 79.9. The van der Waals surface area contributed by atoms with Crippen LogP contribution in [0.2, 0.25) is 0 Å². The molecule has 0 amide bonds. The van der Waals surface area contributed by atoms with E-state index < -0.39 is 0 Å². The molecule has 3 N–H and O–H groups in total. The quantitative estimate of drug-likeness (QED) is 0.448. The molecule has 0 heterocycles. The van der Waals surface area contributed by atoms with Gasteiger partial charge in [0.2, 0.25) is 0 Å². The van der Waals surface area contributed by atoms with E-state index in [4.69, 9.17) is 11.1 Å². The van der Waals surface area contributed by atoms with Crippen LogP contribution in [0.15, 0.2) is 56.7 Å². The van der Waals surface area contributed by atoms with Crippen molar-refractivity contribution in [2.24, 2.45) is 5.73 Å². The van der Waals surface area contributed by atoms with Crippen LogP contribution in [0.4, 0.5) is 11.4 Å². The summed E-state index contributed by atoms with van der Waals surface area (Å²) in [5.74, 6) is -0.00722. The maximum atomic E-state index is 7.95. The molecule has 0 aliphatic carbocycles. The summed E-state index contributed by atoms with van der Waals surface area (Å²) >= 11 is 6.88. The molecule has 0 saturated heterocycles. The van der Waals surface area contributed by atoms with Crippen LogP contribution < -0.4 is 10.6 Å². The highest BCUT2D eigenvalue weighted by molar-refractivity contribution is 9.10. The Hall–Kier alpha value is -1.11. The van der Waals surface area contributed by atoms with Crippen LogP contribution in [0, 0.1) is 5.41 Å². The van der Waals surface area contributed by atoms with Gasteiger partial charge in [0, 0.05) is 14.3 Å². The van der Waals surface area contributed by atoms with E-state index in [0.717, 1.165) is 25.6 Å². The van der Waals surface area contributed by atoms with Gasteiger partial charge in [0.05, 0.1) is 11.4 Å². The van der Waals surface area contributed by atoms with E-state index in [0.29, 0.717) is 0 Å². The SMILES string of the molecule is CSc1cccc(N(C(=N)N)c2cc(SC)ccc2Br)c1. The highest BCUT2D eigenvalue weighted by Crippen LogP contribution is 2.35. The van der Waals surface area contributed by atoms with E-state index >= 15 is 0 Å². The molecule has 3 nitrogen and oxygen atoms in total. The Morgan fingerprint density at radius 2 is 1.76 bits per heavy atom. The van der Waals surface area contributed by atoms with Crippen molar-refractivity contribution in [2.75, 3.05) is 17.4 Å². The third-order valence-corrected chi connectivity index (χ3v) is 5.07. The van der Waals surface area contributed by atoms with Gasteiger partial charge in [-0.25, -0.2) is 0 Å². The Balaban J connectivity index is 2.55. The zero-order valence-electron chi connectivity index (χ0n) is 11.8. The van der Waals surface area contributed by atoms with E-state index in [2.05, 4.69) is 15.9 Å². The molecule has 0 unspecified atom stereocenters. The molecule has 0 aliphatic rings. The van der Waals surface area contributed by atoms with Crippen molar-refractivity contribution in [3.63, 3.8) is 0 Å². The van der Waals surface area contributed by atoms with Gasteiger partial charge in [-0.2, -0.15) is 0 Å². The number of halogens is 1. The molecular weight excluding hydrogens is 366 g/mol. The fourth-order valence-electron chi connectivity index (χ4n) is 1.95. The van der Waals surface area contributed by atoms with Crippen LogP contribution in [-0.4, -0.2) is 18.5 Å². The summed E-state index contributed by atoms with van der Waals surface area (Å²) in [5.41, 5.74) is 7.58. The van der Waals surface area contributed by atoms with Gasteiger partial charge in [-0.3, -0.25) is 10.3 Å². The van der Waals surface area contributed by atoms with E-state index in [1.807, 2.05) is 55.0 Å². The van der Waals surface area contributed by atoms with Crippen LogP contribution in [0.5, 0.6) is 0 Å². The lowest BCUT2D eigenvalue weighted by molar-refractivity contribution is 1.22. The van der Waals surface area contributed by atoms with Crippen LogP contribution in [0.25, 0.3) is 0 Å². The number of nitrogens with zero attached hydrogens (tertiary/aromatic N) is 1. The summed E-state index contributed by atoms with van der Waals surface area (Å²) in [4.78, 5) is 4.00. The average molecular weight is 382 g/mol. The van der Waals surface area contributed by atoms with Crippen molar-refractivity contribution >= 4 is 56.8 Å². The smallest absolute Gasteiger partial charge is 0.197 e. The monoisotopic (exact) mass is 381 g/mol. The fraction of sp³-hybridized carbons (Fsp3) is 0.133. The maximum absolute atomic E-state index is 7.95. The first-order chi connectivity index (χ1) is 10.1. The number of benzene rings is 2. The number of hydrogen-bond acceptors (Lipinski definition) is 3. The van der Waals surface area contributed by atoms with Crippen LogP contribution >= 0.6 is 39.5 Å². The molecule has 110 valence electrons. The van der Waals surface area contributed by atoms with Gasteiger partial charge in [-0.15, -0.1) is 23.5 Å². The summed E-state index contributed by atoms with van der Waals surface area (Å²) in [5, 5.41) is 7.95. The lowest BCUT2D eigenvalue weighted by Crippen LogP contribution is -2.32. The van der Waals surface area contributed by atoms with Gasteiger partial charge >= 0.3 is 0 Å². The topological polar surface area (TPSA) is 53.1 Å². The second-order valence-electron chi connectivity index (χ2n) is 4.24. The van der Waals surface area contributed by atoms with E-state index in [1.165, 1.54) is 0 Å². The van der Waals surface area contributed by atoms with Gasteiger partial charge in [-0.05, 0) is 64.8 Å². The minimum Gasteiger partial charge on any atom is -0.369 e. The molecule has 0 radical (unpaired) electrons. The minimum absolute atomic E-state index is 0.00722. The van der Waals surface area contributed by atoms with Crippen molar-refractivity contribution in [3.8, 4) is 0 Å². The van der Waals surface area contributed by atoms with E-state index in [1.54, 1.807) is 28.4 Å². The van der Waals surface area contributed by atoms with E-state index in [-0.39, 0.29) is 5.96 Å². The number of anilines is 2. The molecule has 6 heteroatoms. The molecule has 0 bridgehead atoms. The largest absolute Gasteiger partial charge is 0.369 e. The van der Waals surface area contributed by atoms with Gasteiger partial charge in [0.1, 0.15) is 0 Å². The number of hydrogen-bond donors (Lipinski definition) is 2. The summed E-state index contributed by atoms with van der Waals surface area (Å²) in [6.45, 7) is 0. The zero-order chi connectivity index (χ0) is 15.4. The van der Waals surface area contributed by atoms with E-state index in [9.17, 15) is 0 Å². The Bertz CT molecular complexity index is 661. The van der Waals surface area contributed by atoms with Crippen molar-refractivity contribution in [2.45, 2.75) is 9.79 Å². The Labute approximate surface area is 141 Å². The third kappa shape index (κ3) is 3.75. The van der Waals surface area contributed by atoms with Crippen LogP contribution in [0.1, 0.15) is 0 Å². The number of nitrogens with two attached hydrogens (primary N) is 1. The Morgan fingerprint density at radius 1 is 1.10 bits per heavy atom. The molecule has 2 aromatic carbocycles. The molecule has 2 aromatic rings. The maximum Gasteiger partial charge on any atom is 0.197 e. The van der Waals surface area contributed by atoms with Gasteiger partial charge in [-0.1, -0.05) is 6.07 Å². The van der Waals surface area contributed by atoms with Crippen molar-refractivity contribution in [1.82, 2.24) is 0 Å². The number of nitrogens with one attached hydrogen (secondary N) is 1. The normalized spacial score (nSPS) is 10.4. The first-order valence-electron chi connectivity index (χ1n) is 6.18.